The molecule has 1 fully saturated rings. The van der Waals surface area contributed by atoms with Crippen LogP contribution in [0.4, 0.5) is 0 Å². The fourth-order valence-corrected chi connectivity index (χ4v) is 3.57. The van der Waals surface area contributed by atoms with Crippen LogP contribution in [-0.4, -0.2) is 37.0 Å². The van der Waals surface area contributed by atoms with Gasteiger partial charge < -0.3 is 10.2 Å². The molecule has 1 unspecified atom stereocenters. The number of hydrogen-bond donors (Lipinski definition) is 1. The van der Waals surface area contributed by atoms with Gasteiger partial charge in [0.15, 0.2) is 0 Å². The normalized spacial score (nSPS) is 22.5. The molecule has 0 radical (unpaired) electrons. The van der Waals surface area contributed by atoms with Crippen molar-refractivity contribution in [1.29, 1.82) is 0 Å². The van der Waals surface area contributed by atoms with Crippen LogP contribution in [0.25, 0.3) is 0 Å². The van der Waals surface area contributed by atoms with E-state index in [0.29, 0.717) is 11.8 Å². The molecule has 3 rings (SSSR count). The molecule has 3 nitrogen and oxygen atoms in total. The zero-order valence-corrected chi connectivity index (χ0v) is 12.8. The Balaban J connectivity index is 1.49. The fourth-order valence-electron chi connectivity index (χ4n) is 3.57. The predicted octanol–water partition coefficient (Wildman–Crippen LogP) is 2.39. The number of nitrogens with zero attached hydrogens (tertiary/aromatic N) is 1. The van der Waals surface area contributed by atoms with Crippen molar-refractivity contribution in [2.75, 3.05) is 26.2 Å². The summed E-state index contributed by atoms with van der Waals surface area (Å²) < 4.78 is 0. The Hall–Kier alpha value is -1.35. The molecule has 21 heavy (non-hydrogen) atoms. The highest BCUT2D eigenvalue weighted by molar-refractivity contribution is 5.76. The van der Waals surface area contributed by atoms with Gasteiger partial charge in [0.2, 0.25) is 5.91 Å². The molecule has 1 aromatic carbocycles. The van der Waals surface area contributed by atoms with Crippen LogP contribution in [0, 0.1) is 5.92 Å². The third kappa shape index (κ3) is 3.85. The minimum absolute atomic E-state index is 0.355. The number of carbonyl (C=O) groups is 1. The Morgan fingerprint density at radius 1 is 1.19 bits per heavy atom. The van der Waals surface area contributed by atoms with Gasteiger partial charge in [-0.25, -0.2) is 0 Å². The van der Waals surface area contributed by atoms with E-state index in [1.165, 1.54) is 24.0 Å². The van der Waals surface area contributed by atoms with Crippen LogP contribution in [0.3, 0.4) is 0 Å². The molecule has 1 amide bonds. The van der Waals surface area contributed by atoms with Crippen LogP contribution in [0.5, 0.6) is 0 Å². The van der Waals surface area contributed by atoms with Crippen LogP contribution < -0.4 is 5.32 Å². The number of carbonyl (C=O) groups excluding carboxylic acids is 1. The standard InChI is InChI=1S/C18H26N2O/c21-18(8-7-15-4-3-11-19-14-15)20-12-9-16-5-1-2-6-17(16)10-13-20/h1-2,5-6,15,19H,3-4,7-14H2. The van der Waals surface area contributed by atoms with Gasteiger partial charge in [-0.2, -0.15) is 0 Å². The van der Waals surface area contributed by atoms with Crippen LogP contribution >= 0.6 is 0 Å². The van der Waals surface area contributed by atoms with Crippen molar-refractivity contribution in [3.8, 4) is 0 Å². The first kappa shape index (κ1) is 14.6. The highest BCUT2D eigenvalue weighted by atomic mass is 16.2. The van der Waals surface area contributed by atoms with Gasteiger partial charge in [-0.05, 0) is 62.2 Å². The molecular formula is C18H26N2O. The zero-order valence-electron chi connectivity index (χ0n) is 12.8. The maximum Gasteiger partial charge on any atom is 0.222 e. The third-order valence-corrected chi connectivity index (χ3v) is 4.94. The monoisotopic (exact) mass is 286 g/mol. The molecular weight excluding hydrogens is 260 g/mol. The number of fused-ring (bicyclic) bond motifs is 1. The maximum atomic E-state index is 12.5. The molecule has 0 aliphatic carbocycles. The maximum absolute atomic E-state index is 12.5. The molecule has 2 heterocycles. The first-order valence-corrected chi connectivity index (χ1v) is 8.38. The number of piperidine rings is 1. The third-order valence-electron chi connectivity index (χ3n) is 4.94. The number of hydrogen-bond acceptors (Lipinski definition) is 2. The van der Waals surface area contributed by atoms with Gasteiger partial charge >= 0.3 is 0 Å². The van der Waals surface area contributed by atoms with Crippen LogP contribution in [-0.2, 0) is 17.6 Å². The van der Waals surface area contributed by atoms with Gasteiger partial charge in [0.05, 0.1) is 0 Å². The number of benzene rings is 1. The van der Waals surface area contributed by atoms with E-state index in [9.17, 15) is 4.79 Å². The minimum Gasteiger partial charge on any atom is -0.342 e. The van der Waals surface area contributed by atoms with E-state index in [-0.39, 0.29) is 0 Å². The van der Waals surface area contributed by atoms with Gasteiger partial charge in [0, 0.05) is 19.5 Å². The van der Waals surface area contributed by atoms with Crippen molar-refractivity contribution in [2.45, 2.75) is 38.5 Å². The Labute approximate surface area is 127 Å². The van der Waals surface area contributed by atoms with E-state index >= 15 is 0 Å². The summed E-state index contributed by atoms with van der Waals surface area (Å²) in [5.74, 6) is 1.06. The molecule has 0 spiro atoms. The second kappa shape index (κ2) is 7.08. The number of rotatable bonds is 3. The Kier molecular flexibility index (Phi) is 4.91. The SMILES string of the molecule is O=C(CCC1CCCNC1)N1CCc2ccccc2CC1. The highest BCUT2D eigenvalue weighted by Crippen LogP contribution is 2.19. The largest absolute Gasteiger partial charge is 0.342 e. The molecule has 2 aliphatic heterocycles. The summed E-state index contributed by atoms with van der Waals surface area (Å²) in [7, 11) is 0. The lowest BCUT2D eigenvalue weighted by atomic mass is 9.94. The Morgan fingerprint density at radius 2 is 1.90 bits per heavy atom. The van der Waals surface area contributed by atoms with E-state index < -0.39 is 0 Å². The molecule has 114 valence electrons. The molecule has 1 atom stereocenters. The number of nitrogens with one attached hydrogen (secondary N) is 1. The topological polar surface area (TPSA) is 32.3 Å². The summed E-state index contributed by atoms with van der Waals surface area (Å²) in [5, 5.41) is 3.44. The summed E-state index contributed by atoms with van der Waals surface area (Å²) in [4.78, 5) is 14.5. The van der Waals surface area contributed by atoms with Crippen LogP contribution in [0.15, 0.2) is 24.3 Å². The van der Waals surface area contributed by atoms with Crippen LogP contribution in [0.2, 0.25) is 0 Å². The lowest BCUT2D eigenvalue weighted by molar-refractivity contribution is -0.131. The second-order valence-corrected chi connectivity index (χ2v) is 6.40. The molecule has 2 aliphatic rings. The molecule has 1 aromatic rings. The average Bonchev–Trinajstić information content (AvgIpc) is 2.76. The summed E-state index contributed by atoms with van der Waals surface area (Å²) in [6.45, 7) is 4.02. The summed E-state index contributed by atoms with van der Waals surface area (Å²) >= 11 is 0. The first-order chi connectivity index (χ1) is 10.3. The minimum atomic E-state index is 0.355. The smallest absolute Gasteiger partial charge is 0.222 e. The molecule has 0 bridgehead atoms. The van der Waals surface area contributed by atoms with Crippen molar-refractivity contribution >= 4 is 5.91 Å². The molecule has 1 N–H and O–H groups in total. The molecule has 1 saturated heterocycles. The quantitative estimate of drug-likeness (QED) is 0.925. The average molecular weight is 286 g/mol. The zero-order chi connectivity index (χ0) is 14.5. The van der Waals surface area contributed by atoms with E-state index in [2.05, 4.69) is 34.5 Å². The van der Waals surface area contributed by atoms with Crippen molar-refractivity contribution in [2.24, 2.45) is 5.92 Å². The van der Waals surface area contributed by atoms with Gasteiger partial charge in [0.25, 0.3) is 0 Å². The second-order valence-electron chi connectivity index (χ2n) is 6.40. The van der Waals surface area contributed by atoms with Gasteiger partial charge in [-0.15, -0.1) is 0 Å². The highest BCUT2D eigenvalue weighted by Gasteiger charge is 2.20. The van der Waals surface area contributed by atoms with Crippen LogP contribution in [0.1, 0.15) is 36.8 Å². The Bertz CT molecular complexity index is 453. The fraction of sp³-hybridized carbons (Fsp3) is 0.611. The Morgan fingerprint density at radius 3 is 2.52 bits per heavy atom. The van der Waals surface area contributed by atoms with E-state index in [4.69, 9.17) is 0 Å². The summed E-state index contributed by atoms with van der Waals surface area (Å²) in [6, 6.07) is 8.62. The van der Waals surface area contributed by atoms with Gasteiger partial charge in [-0.3, -0.25) is 4.79 Å². The molecule has 0 saturated carbocycles. The lowest BCUT2D eigenvalue weighted by Crippen LogP contribution is -2.35. The molecule has 3 heteroatoms. The van der Waals surface area contributed by atoms with E-state index in [0.717, 1.165) is 51.9 Å². The van der Waals surface area contributed by atoms with Gasteiger partial charge in [0.1, 0.15) is 0 Å². The lowest BCUT2D eigenvalue weighted by Gasteiger charge is -2.25. The van der Waals surface area contributed by atoms with E-state index in [1.54, 1.807) is 0 Å². The van der Waals surface area contributed by atoms with Crippen molar-refractivity contribution in [1.82, 2.24) is 10.2 Å². The van der Waals surface area contributed by atoms with Gasteiger partial charge in [-0.1, -0.05) is 24.3 Å². The molecule has 0 aromatic heterocycles. The summed E-state index contributed by atoms with van der Waals surface area (Å²) in [5.41, 5.74) is 2.84. The first-order valence-electron chi connectivity index (χ1n) is 8.38. The van der Waals surface area contributed by atoms with Crippen molar-refractivity contribution < 1.29 is 4.79 Å². The van der Waals surface area contributed by atoms with Crippen molar-refractivity contribution in [3.63, 3.8) is 0 Å². The number of amides is 1. The van der Waals surface area contributed by atoms with Crippen molar-refractivity contribution in [3.05, 3.63) is 35.4 Å². The predicted molar refractivity (Wildman–Crippen MR) is 85.3 cm³/mol. The van der Waals surface area contributed by atoms with E-state index in [1.807, 2.05) is 0 Å². The summed E-state index contributed by atoms with van der Waals surface area (Å²) in [6.07, 6.45) is 6.33.